The monoisotopic (exact) mass is 266 g/mol. The maximum absolute atomic E-state index is 9.64. The van der Waals surface area contributed by atoms with Crippen molar-refractivity contribution < 1.29 is 39.7 Å². The van der Waals surface area contributed by atoms with Crippen molar-refractivity contribution in [2.24, 2.45) is 0 Å². The maximum Gasteiger partial charge on any atom is 0.186 e. The molecule has 2 fully saturated rings. The normalized spacial score (nSPS) is 50.2. The van der Waals surface area contributed by atoms with Crippen molar-refractivity contribution in [3.8, 4) is 0 Å². The highest BCUT2D eigenvalue weighted by atomic mass is 16.7. The van der Waals surface area contributed by atoms with E-state index in [1.54, 1.807) is 0 Å². The van der Waals surface area contributed by atoms with Gasteiger partial charge in [0, 0.05) is 6.42 Å². The van der Waals surface area contributed by atoms with Crippen molar-refractivity contribution in [2.75, 3.05) is 13.2 Å². The zero-order chi connectivity index (χ0) is 13.3. The Kier molecular flexibility index (Phi) is 4.51. The van der Waals surface area contributed by atoms with E-state index >= 15 is 0 Å². The zero-order valence-electron chi connectivity index (χ0n) is 9.62. The molecule has 2 saturated heterocycles. The highest BCUT2D eigenvalue weighted by molar-refractivity contribution is 4.84. The third-order valence-corrected chi connectivity index (χ3v) is 3.07. The Morgan fingerprint density at radius 2 is 1.56 bits per heavy atom. The van der Waals surface area contributed by atoms with Crippen LogP contribution in [0.4, 0.5) is 0 Å². The Bertz CT molecular complexity index is 275. The molecule has 2 aliphatic rings. The second kappa shape index (κ2) is 5.76. The van der Waals surface area contributed by atoms with Gasteiger partial charge in [0.1, 0.15) is 24.4 Å². The largest absolute Gasteiger partial charge is 0.388 e. The summed E-state index contributed by atoms with van der Waals surface area (Å²) in [6.07, 6.45) is -7.72. The van der Waals surface area contributed by atoms with E-state index in [1.807, 2.05) is 0 Å². The van der Waals surface area contributed by atoms with Crippen molar-refractivity contribution in [1.29, 1.82) is 0 Å². The summed E-state index contributed by atoms with van der Waals surface area (Å²) in [5.74, 6) is 0. The quantitative estimate of drug-likeness (QED) is 0.356. The minimum absolute atomic E-state index is 0.0451. The van der Waals surface area contributed by atoms with E-state index < -0.39 is 43.1 Å². The van der Waals surface area contributed by atoms with E-state index in [4.69, 9.17) is 19.3 Å². The average molecular weight is 266 g/mol. The lowest BCUT2D eigenvalue weighted by Gasteiger charge is -2.38. The fourth-order valence-corrected chi connectivity index (χ4v) is 1.95. The fraction of sp³-hybridized carbons (Fsp3) is 1.00. The summed E-state index contributed by atoms with van der Waals surface area (Å²) < 4.78 is 15.3. The molecule has 0 saturated carbocycles. The zero-order valence-corrected chi connectivity index (χ0v) is 9.62. The first kappa shape index (κ1) is 14.1. The summed E-state index contributed by atoms with van der Waals surface area (Å²) in [6, 6.07) is 0. The lowest BCUT2D eigenvalue weighted by Crippen LogP contribution is -2.55. The van der Waals surface area contributed by atoms with Crippen LogP contribution in [0.15, 0.2) is 0 Å². The molecule has 0 amide bonds. The third kappa shape index (κ3) is 2.98. The van der Waals surface area contributed by atoms with Crippen LogP contribution in [0.5, 0.6) is 0 Å². The second-order valence-electron chi connectivity index (χ2n) is 4.54. The van der Waals surface area contributed by atoms with Gasteiger partial charge in [-0.15, -0.1) is 0 Å². The molecular formula is C10H18O8. The Morgan fingerprint density at radius 3 is 2.22 bits per heavy atom. The molecule has 2 rings (SSSR count). The van der Waals surface area contributed by atoms with E-state index in [0.717, 1.165) is 0 Å². The second-order valence-corrected chi connectivity index (χ2v) is 4.54. The number of hydrogen-bond donors (Lipinski definition) is 5. The van der Waals surface area contributed by atoms with Crippen LogP contribution in [0.1, 0.15) is 6.42 Å². The van der Waals surface area contributed by atoms with Crippen molar-refractivity contribution in [3.63, 3.8) is 0 Å². The Hall–Kier alpha value is -0.320. The number of aliphatic hydroxyl groups excluding tert-OH is 5. The van der Waals surface area contributed by atoms with Crippen LogP contribution in [-0.4, -0.2) is 81.8 Å². The lowest BCUT2D eigenvalue weighted by atomic mass is 10.0. The molecule has 4 unspecified atom stereocenters. The van der Waals surface area contributed by atoms with E-state index in [-0.39, 0.29) is 19.6 Å². The molecule has 2 heterocycles. The van der Waals surface area contributed by atoms with Gasteiger partial charge in [-0.2, -0.15) is 0 Å². The molecule has 18 heavy (non-hydrogen) atoms. The molecule has 7 atom stereocenters. The van der Waals surface area contributed by atoms with Gasteiger partial charge in [-0.25, -0.2) is 0 Å². The average Bonchev–Trinajstić information content (AvgIpc) is 2.34. The predicted molar refractivity (Wildman–Crippen MR) is 55.2 cm³/mol. The molecule has 0 aromatic rings. The standard InChI is InChI=1S/C10H18O8/c11-5-1-4(2-16-9(5)15)18-10-8(14)7(13)6(12)3-17-10/h4-15H,1-3H2/t4-,5?,6?,7?,8+,9?,10+/m0/s1. The summed E-state index contributed by atoms with van der Waals surface area (Å²) in [6.45, 7) is -0.106. The van der Waals surface area contributed by atoms with Crippen LogP contribution >= 0.6 is 0 Å². The van der Waals surface area contributed by atoms with Gasteiger partial charge in [0.25, 0.3) is 0 Å². The van der Waals surface area contributed by atoms with Crippen LogP contribution in [0.3, 0.4) is 0 Å². The van der Waals surface area contributed by atoms with Crippen LogP contribution in [0.25, 0.3) is 0 Å². The minimum atomic E-state index is -1.38. The van der Waals surface area contributed by atoms with Crippen LogP contribution in [-0.2, 0) is 14.2 Å². The summed E-state index contributed by atoms with van der Waals surface area (Å²) in [5, 5.41) is 46.9. The highest BCUT2D eigenvalue weighted by Crippen LogP contribution is 2.22. The van der Waals surface area contributed by atoms with E-state index in [1.165, 1.54) is 0 Å². The van der Waals surface area contributed by atoms with Crippen LogP contribution in [0.2, 0.25) is 0 Å². The Labute approximate surface area is 103 Å². The Morgan fingerprint density at radius 1 is 0.833 bits per heavy atom. The van der Waals surface area contributed by atoms with Gasteiger partial charge in [-0.3, -0.25) is 0 Å². The van der Waals surface area contributed by atoms with E-state index in [9.17, 15) is 20.4 Å². The molecule has 0 bridgehead atoms. The van der Waals surface area contributed by atoms with Gasteiger partial charge in [0.2, 0.25) is 0 Å². The molecule has 0 aromatic carbocycles. The first-order valence-corrected chi connectivity index (χ1v) is 5.78. The SMILES string of the molecule is OC1C[C@H](O[C@H]2OCC(O)C(O)[C@H]2O)COC1O. The predicted octanol–water partition coefficient (Wildman–Crippen LogP) is -3.09. The molecule has 0 spiro atoms. The molecule has 106 valence electrons. The topological polar surface area (TPSA) is 129 Å². The van der Waals surface area contributed by atoms with Gasteiger partial charge < -0.3 is 39.7 Å². The molecule has 0 aliphatic carbocycles. The Balaban J connectivity index is 1.86. The van der Waals surface area contributed by atoms with Crippen molar-refractivity contribution in [3.05, 3.63) is 0 Å². The summed E-state index contributed by atoms with van der Waals surface area (Å²) in [4.78, 5) is 0. The number of rotatable bonds is 2. The van der Waals surface area contributed by atoms with Gasteiger partial charge in [-0.1, -0.05) is 0 Å². The highest BCUT2D eigenvalue weighted by Gasteiger charge is 2.40. The smallest absolute Gasteiger partial charge is 0.186 e. The van der Waals surface area contributed by atoms with E-state index in [2.05, 4.69) is 0 Å². The number of hydrogen-bond acceptors (Lipinski definition) is 8. The number of aliphatic hydroxyl groups is 5. The molecule has 5 N–H and O–H groups in total. The first-order chi connectivity index (χ1) is 8.49. The summed E-state index contributed by atoms with van der Waals surface area (Å²) >= 11 is 0. The first-order valence-electron chi connectivity index (χ1n) is 5.78. The lowest BCUT2D eigenvalue weighted by molar-refractivity contribution is -0.304. The molecule has 0 aromatic heterocycles. The van der Waals surface area contributed by atoms with Gasteiger partial charge in [-0.05, 0) is 0 Å². The minimum Gasteiger partial charge on any atom is -0.388 e. The van der Waals surface area contributed by atoms with Crippen molar-refractivity contribution in [2.45, 2.75) is 49.5 Å². The molecule has 8 nitrogen and oxygen atoms in total. The van der Waals surface area contributed by atoms with Gasteiger partial charge in [0.05, 0.1) is 19.3 Å². The molecule has 0 radical (unpaired) electrons. The molecule has 8 heteroatoms. The van der Waals surface area contributed by atoms with Gasteiger partial charge in [0.15, 0.2) is 12.6 Å². The fourth-order valence-electron chi connectivity index (χ4n) is 1.95. The summed E-state index contributed by atoms with van der Waals surface area (Å²) in [5.41, 5.74) is 0. The summed E-state index contributed by atoms with van der Waals surface area (Å²) in [7, 11) is 0. The number of ether oxygens (including phenoxy) is 3. The van der Waals surface area contributed by atoms with Crippen molar-refractivity contribution >= 4 is 0 Å². The van der Waals surface area contributed by atoms with Crippen LogP contribution < -0.4 is 0 Å². The van der Waals surface area contributed by atoms with E-state index in [0.29, 0.717) is 0 Å². The molecular weight excluding hydrogens is 248 g/mol. The maximum atomic E-state index is 9.64. The molecule has 2 aliphatic heterocycles. The third-order valence-electron chi connectivity index (χ3n) is 3.07. The van der Waals surface area contributed by atoms with Crippen LogP contribution in [0, 0.1) is 0 Å². The van der Waals surface area contributed by atoms with Crippen molar-refractivity contribution in [1.82, 2.24) is 0 Å². The van der Waals surface area contributed by atoms with Gasteiger partial charge >= 0.3 is 0 Å².